The summed E-state index contributed by atoms with van der Waals surface area (Å²) in [7, 11) is 0. The molecule has 1 fully saturated rings. The Hall–Kier alpha value is -1.02. The summed E-state index contributed by atoms with van der Waals surface area (Å²) in [5.74, 6) is 0.652. The van der Waals surface area contributed by atoms with Crippen molar-refractivity contribution in [3.8, 4) is 0 Å². The van der Waals surface area contributed by atoms with Gasteiger partial charge in [-0.25, -0.2) is 0 Å². The van der Waals surface area contributed by atoms with Crippen LogP contribution in [0.5, 0.6) is 0 Å². The molecule has 74 valence electrons. The second-order valence-corrected chi connectivity index (χ2v) is 4.04. The van der Waals surface area contributed by atoms with Crippen LogP contribution in [-0.2, 0) is 11.3 Å². The van der Waals surface area contributed by atoms with E-state index in [2.05, 4.69) is 11.4 Å². The first-order valence-electron chi connectivity index (χ1n) is 4.76. The second kappa shape index (κ2) is 4.01. The fourth-order valence-corrected chi connectivity index (χ4v) is 1.84. The number of hydrogen-bond donors (Lipinski definition) is 1. The molecule has 1 amide bonds. The van der Waals surface area contributed by atoms with E-state index in [1.165, 1.54) is 18.4 Å². The summed E-state index contributed by atoms with van der Waals surface area (Å²) in [6.45, 7) is 0.584. The molecule has 1 saturated carbocycles. The maximum atomic E-state index is 10.1. The van der Waals surface area contributed by atoms with Crippen LogP contribution in [0, 0.1) is 0 Å². The van der Waals surface area contributed by atoms with Gasteiger partial charge >= 0.3 is 0 Å². The fourth-order valence-electron chi connectivity index (χ4n) is 1.57. The maximum Gasteiger partial charge on any atom is 0.207 e. The molecule has 0 aliphatic heterocycles. The molecule has 0 unspecified atom stereocenters. The molecule has 1 aliphatic rings. The van der Waals surface area contributed by atoms with Crippen LogP contribution < -0.4 is 5.32 Å². The molecule has 3 heteroatoms. The molecular weight excluding hydrogens is 198 g/mol. The van der Waals surface area contributed by atoms with Crippen LogP contribution in [0.3, 0.4) is 0 Å². The maximum absolute atomic E-state index is 10.1. The van der Waals surface area contributed by atoms with Crippen molar-refractivity contribution < 1.29 is 4.79 Å². The predicted octanol–water partition coefficient (Wildman–Crippen LogP) is 2.46. The standard InChI is InChI=1S/C11H12ClNO/c12-11-4-1-8(6-13-7-14)5-10(11)9-2-3-9/h1,4-5,7,9H,2-3,6H2,(H,13,14). The first-order chi connectivity index (χ1) is 6.81. The van der Waals surface area contributed by atoms with Gasteiger partial charge in [-0.2, -0.15) is 0 Å². The number of carbonyl (C=O) groups excluding carboxylic acids is 1. The van der Waals surface area contributed by atoms with E-state index in [1.807, 2.05) is 12.1 Å². The molecule has 1 aromatic carbocycles. The highest BCUT2D eigenvalue weighted by Crippen LogP contribution is 2.43. The van der Waals surface area contributed by atoms with Gasteiger partial charge in [0.05, 0.1) is 0 Å². The Morgan fingerprint density at radius 2 is 2.29 bits per heavy atom. The monoisotopic (exact) mass is 209 g/mol. The zero-order valence-corrected chi connectivity index (χ0v) is 8.55. The van der Waals surface area contributed by atoms with Gasteiger partial charge in [-0.15, -0.1) is 0 Å². The number of amides is 1. The lowest BCUT2D eigenvalue weighted by molar-refractivity contribution is -0.109. The van der Waals surface area contributed by atoms with E-state index in [9.17, 15) is 4.79 Å². The Balaban J connectivity index is 2.17. The highest BCUT2D eigenvalue weighted by atomic mass is 35.5. The zero-order valence-electron chi connectivity index (χ0n) is 7.79. The Morgan fingerprint density at radius 3 is 2.93 bits per heavy atom. The van der Waals surface area contributed by atoms with Gasteiger partial charge in [-0.3, -0.25) is 4.79 Å². The van der Waals surface area contributed by atoms with Crippen LogP contribution in [0.4, 0.5) is 0 Å². The average Bonchev–Trinajstić information content (AvgIpc) is 3.00. The van der Waals surface area contributed by atoms with Crippen molar-refractivity contribution in [1.29, 1.82) is 0 Å². The van der Waals surface area contributed by atoms with Crippen LogP contribution in [0.2, 0.25) is 5.02 Å². The third-order valence-electron chi connectivity index (χ3n) is 2.47. The van der Waals surface area contributed by atoms with Crippen molar-refractivity contribution >= 4 is 18.0 Å². The molecule has 1 aliphatic carbocycles. The Labute approximate surface area is 88.3 Å². The Bertz CT molecular complexity index is 347. The number of benzene rings is 1. The quantitative estimate of drug-likeness (QED) is 0.759. The summed E-state index contributed by atoms with van der Waals surface area (Å²) in [6.07, 6.45) is 3.19. The van der Waals surface area contributed by atoms with Crippen molar-refractivity contribution in [3.63, 3.8) is 0 Å². The topological polar surface area (TPSA) is 29.1 Å². The SMILES string of the molecule is O=CNCc1ccc(Cl)c(C2CC2)c1. The summed E-state index contributed by atoms with van der Waals surface area (Å²) in [5, 5.41) is 3.50. The molecule has 0 bridgehead atoms. The number of carbonyl (C=O) groups is 1. The molecule has 1 aromatic rings. The Morgan fingerprint density at radius 1 is 1.50 bits per heavy atom. The lowest BCUT2D eigenvalue weighted by atomic mass is 10.1. The van der Waals surface area contributed by atoms with Gasteiger partial charge in [0.1, 0.15) is 0 Å². The minimum Gasteiger partial charge on any atom is -0.355 e. The highest BCUT2D eigenvalue weighted by Gasteiger charge is 2.25. The van der Waals surface area contributed by atoms with Crippen LogP contribution >= 0.6 is 11.6 Å². The van der Waals surface area contributed by atoms with Crippen LogP contribution in [0.1, 0.15) is 29.9 Å². The van der Waals surface area contributed by atoms with E-state index in [0.717, 1.165) is 10.6 Å². The number of hydrogen-bond acceptors (Lipinski definition) is 1. The molecule has 2 nitrogen and oxygen atoms in total. The van der Waals surface area contributed by atoms with Crippen molar-refractivity contribution in [3.05, 3.63) is 34.3 Å². The average molecular weight is 210 g/mol. The normalized spacial score (nSPS) is 15.2. The molecule has 0 atom stereocenters. The van der Waals surface area contributed by atoms with E-state index >= 15 is 0 Å². The summed E-state index contributed by atoms with van der Waals surface area (Å²) >= 11 is 6.08. The second-order valence-electron chi connectivity index (χ2n) is 3.63. The molecule has 0 radical (unpaired) electrons. The van der Waals surface area contributed by atoms with E-state index in [1.54, 1.807) is 0 Å². The third-order valence-corrected chi connectivity index (χ3v) is 2.81. The van der Waals surface area contributed by atoms with Gasteiger partial charge < -0.3 is 5.32 Å². The van der Waals surface area contributed by atoms with E-state index in [4.69, 9.17) is 11.6 Å². The smallest absolute Gasteiger partial charge is 0.207 e. The van der Waals surface area contributed by atoms with Crippen molar-refractivity contribution in [1.82, 2.24) is 5.32 Å². The fraction of sp³-hybridized carbons (Fsp3) is 0.364. The molecule has 0 spiro atoms. The minimum atomic E-state index is 0.584. The first kappa shape index (κ1) is 9.53. The van der Waals surface area contributed by atoms with Crippen LogP contribution in [-0.4, -0.2) is 6.41 Å². The minimum absolute atomic E-state index is 0.584. The van der Waals surface area contributed by atoms with E-state index < -0.39 is 0 Å². The van der Waals surface area contributed by atoms with Gasteiger partial charge in [-0.05, 0) is 36.0 Å². The molecular formula is C11H12ClNO. The summed E-state index contributed by atoms with van der Waals surface area (Å²) in [4.78, 5) is 10.1. The van der Waals surface area contributed by atoms with Gasteiger partial charge in [-0.1, -0.05) is 23.7 Å². The van der Waals surface area contributed by atoms with E-state index in [-0.39, 0.29) is 0 Å². The van der Waals surface area contributed by atoms with Crippen molar-refractivity contribution in [2.45, 2.75) is 25.3 Å². The number of halogens is 1. The Kier molecular flexibility index (Phi) is 2.73. The number of nitrogens with one attached hydrogen (secondary N) is 1. The lowest BCUT2D eigenvalue weighted by Gasteiger charge is -2.05. The first-order valence-corrected chi connectivity index (χ1v) is 5.14. The lowest BCUT2D eigenvalue weighted by Crippen LogP contribution is -2.09. The molecule has 0 saturated heterocycles. The summed E-state index contributed by atoms with van der Waals surface area (Å²) < 4.78 is 0. The van der Waals surface area contributed by atoms with E-state index in [0.29, 0.717) is 18.9 Å². The number of rotatable bonds is 4. The van der Waals surface area contributed by atoms with Crippen molar-refractivity contribution in [2.75, 3.05) is 0 Å². The van der Waals surface area contributed by atoms with Gasteiger partial charge in [0, 0.05) is 11.6 Å². The zero-order chi connectivity index (χ0) is 9.97. The predicted molar refractivity (Wildman–Crippen MR) is 56.3 cm³/mol. The third kappa shape index (κ3) is 2.07. The molecule has 1 N–H and O–H groups in total. The van der Waals surface area contributed by atoms with Gasteiger partial charge in [0.15, 0.2) is 0 Å². The molecule has 14 heavy (non-hydrogen) atoms. The van der Waals surface area contributed by atoms with Crippen molar-refractivity contribution in [2.24, 2.45) is 0 Å². The summed E-state index contributed by atoms with van der Waals surface area (Å²) in [6, 6.07) is 5.96. The van der Waals surface area contributed by atoms with Gasteiger partial charge in [0.2, 0.25) is 6.41 Å². The van der Waals surface area contributed by atoms with Crippen LogP contribution in [0.15, 0.2) is 18.2 Å². The summed E-state index contributed by atoms with van der Waals surface area (Å²) in [5.41, 5.74) is 2.35. The molecule has 0 aromatic heterocycles. The molecule has 2 rings (SSSR count). The molecule has 0 heterocycles. The largest absolute Gasteiger partial charge is 0.355 e. The van der Waals surface area contributed by atoms with Gasteiger partial charge in [0.25, 0.3) is 0 Å². The van der Waals surface area contributed by atoms with Crippen LogP contribution in [0.25, 0.3) is 0 Å². The highest BCUT2D eigenvalue weighted by molar-refractivity contribution is 6.31.